The molecule has 7 nitrogen and oxygen atoms in total. The van der Waals surface area contributed by atoms with Crippen molar-refractivity contribution in [1.29, 1.82) is 0 Å². The Balaban J connectivity index is -0.000000245. The molecule has 9 heteroatoms. The summed E-state index contributed by atoms with van der Waals surface area (Å²) in [7, 11) is -4.82. The standard InChI is InChI=1S/CH3O6P.H3N.Na.H/c2-1(3)7-8(4,5)6;;;/h(H,2,3)(H2,4,5,6);1H3;;. The van der Waals surface area contributed by atoms with Gasteiger partial charge in [0.05, 0.1) is 0 Å². The summed E-state index contributed by atoms with van der Waals surface area (Å²) in [6.07, 6.45) is -1.99. The maximum absolute atomic E-state index is 9.53. The van der Waals surface area contributed by atoms with Gasteiger partial charge in [0, 0.05) is 0 Å². The molecular formula is CH7NNaO6P. The third kappa shape index (κ3) is 15.8. The number of carboxylic acid groups (broad SMARTS) is 1. The third-order valence-corrected chi connectivity index (χ3v) is 0.591. The van der Waals surface area contributed by atoms with Crippen LogP contribution in [-0.4, -0.2) is 50.6 Å². The van der Waals surface area contributed by atoms with Gasteiger partial charge < -0.3 is 15.8 Å². The molecule has 0 amide bonds. The van der Waals surface area contributed by atoms with Gasteiger partial charge in [0.1, 0.15) is 0 Å². The molecule has 0 radical (unpaired) electrons. The van der Waals surface area contributed by atoms with Gasteiger partial charge in [-0.05, 0) is 0 Å². The Bertz CT molecular complexity index is 141. The van der Waals surface area contributed by atoms with E-state index in [4.69, 9.17) is 14.9 Å². The van der Waals surface area contributed by atoms with E-state index < -0.39 is 14.0 Å². The zero-order valence-electron chi connectivity index (χ0n) is 4.22. The molecule has 0 rings (SSSR count). The van der Waals surface area contributed by atoms with E-state index in [0.29, 0.717) is 0 Å². The molecule has 0 atom stereocenters. The summed E-state index contributed by atoms with van der Waals surface area (Å²) in [5.41, 5.74) is 0. The molecule has 0 aliphatic carbocycles. The van der Waals surface area contributed by atoms with Crippen LogP contribution in [0.1, 0.15) is 0 Å². The summed E-state index contributed by atoms with van der Waals surface area (Å²) in [5.74, 6) is 0. The van der Waals surface area contributed by atoms with E-state index in [0.717, 1.165) is 0 Å². The van der Waals surface area contributed by atoms with Gasteiger partial charge in [-0.3, -0.25) is 9.79 Å². The molecule has 0 aromatic carbocycles. The average Bonchev–Trinajstić information content (AvgIpc) is 1.21. The molecule has 0 unspecified atom stereocenters. The molecule has 0 aromatic heterocycles. The van der Waals surface area contributed by atoms with Crippen LogP contribution >= 0.6 is 7.82 Å². The van der Waals surface area contributed by atoms with Crippen molar-refractivity contribution in [3.63, 3.8) is 0 Å². The number of carbonyl (C=O) groups is 1. The van der Waals surface area contributed by atoms with Crippen LogP contribution in [0.2, 0.25) is 0 Å². The summed E-state index contributed by atoms with van der Waals surface area (Å²) in [6, 6.07) is 0. The van der Waals surface area contributed by atoms with Crippen LogP contribution in [0.4, 0.5) is 4.79 Å². The second-order valence-corrected chi connectivity index (χ2v) is 2.01. The van der Waals surface area contributed by atoms with Crippen LogP contribution < -0.4 is 6.15 Å². The molecule has 10 heavy (non-hydrogen) atoms. The fourth-order valence-corrected chi connectivity index (χ4v) is 0.305. The van der Waals surface area contributed by atoms with E-state index in [1.165, 1.54) is 0 Å². The molecule has 0 aliphatic heterocycles. The first-order valence-corrected chi connectivity index (χ1v) is 2.93. The van der Waals surface area contributed by atoms with Gasteiger partial charge >= 0.3 is 43.5 Å². The third-order valence-electron chi connectivity index (χ3n) is 0.197. The van der Waals surface area contributed by atoms with Crippen molar-refractivity contribution in [1.82, 2.24) is 6.15 Å². The van der Waals surface area contributed by atoms with Gasteiger partial charge in [0.25, 0.3) is 0 Å². The van der Waals surface area contributed by atoms with Crippen LogP contribution in [0.25, 0.3) is 0 Å². The predicted octanol–water partition coefficient (Wildman–Crippen LogP) is -0.713. The Morgan fingerprint density at radius 2 is 1.70 bits per heavy atom. The van der Waals surface area contributed by atoms with Crippen molar-refractivity contribution >= 4 is 43.5 Å². The molecule has 0 bridgehead atoms. The molecule has 0 heterocycles. The van der Waals surface area contributed by atoms with Crippen LogP contribution in [0.3, 0.4) is 0 Å². The Morgan fingerprint density at radius 1 is 1.40 bits per heavy atom. The van der Waals surface area contributed by atoms with Crippen LogP contribution in [-0.2, 0) is 9.09 Å². The molecule has 0 fully saturated rings. The topological polar surface area (TPSA) is 139 Å². The number of phosphoric ester groups is 1. The van der Waals surface area contributed by atoms with Crippen LogP contribution in [0, 0.1) is 0 Å². The SMILES string of the molecule is N.O=C(O)OP(=O)(O)O.[NaH]. The predicted molar refractivity (Wildman–Crippen MR) is 33.3 cm³/mol. The molecule has 0 saturated heterocycles. The van der Waals surface area contributed by atoms with E-state index in [1.54, 1.807) is 0 Å². The molecule has 0 aromatic rings. The molecule has 0 saturated carbocycles. The summed E-state index contributed by atoms with van der Waals surface area (Å²) >= 11 is 0. The summed E-state index contributed by atoms with van der Waals surface area (Å²) in [5, 5.41) is 7.53. The minimum atomic E-state index is -4.82. The van der Waals surface area contributed by atoms with E-state index >= 15 is 0 Å². The molecule has 6 N–H and O–H groups in total. The van der Waals surface area contributed by atoms with Crippen molar-refractivity contribution in [3.05, 3.63) is 0 Å². The first-order chi connectivity index (χ1) is 3.42. The van der Waals surface area contributed by atoms with Gasteiger partial charge in [0.2, 0.25) is 0 Å². The van der Waals surface area contributed by atoms with Gasteiger partial charge in [-0.1, -0.05) is 0 Å². The van der Waals surface area contributed by atoms with Crippen molar-refractivity contribution in [2.75, 3.05) is 0 Å². The Labute approximate surface area is 78.5 Å². The summed E-state index contributed by atoms with van der Waals surface area (Å²) in [6.45, 7) is 0. The summed E-state index contributed by atoms with van der Waals surface area (Å²) in [4.78, 5) is 24.7. The molecule has 0 spiro atoms. The van der Waals surface area contributed by atoms with E-state index in [2.05, 4.69) is 4.52 Å². The van der Waals surface area contributed by atoms with E-state index in [9.17, 15) is 9.36 Å². The number of hydrogen-bond acceptors (Lipinski definition) is 4. The van der Waals surface area contributed by atoms with Gasteiger partial charge in [-0.2, -0.15) is 0 Å². The van der Waals surface area contributed by atoms with Crippen molar-refractivity contribution in [2.24, 2.45) is 0 Å². The molecule has 58 valence electrons. The van der Waals surface area contributed by atoms with Gasteiger partial charge in [-0.25, -0.2) is 9.36 Å². The van der Waals surface area contributed by atoms with Crippen molar-refractivity contribution < 1.29 is 28.8 Å². The normalized spacial score (nSPS) is 8.60. The Hall–Kier alpha value is 0.380. The minimum absolute atomic E-state index is 0. The van der Waals surface area contributed by atoms with Crippen molar-refractivity contribution in [2.45, 2.75) is 0 Å². The van der Waals surface area contributed by atoms with E-state index in [1.807, 2.05) is 0 Å². The average molecular weight is 183 g/mol. The van der Waals surface area contributed by atoms with Gasteiger partial charge in [-0.15, -0.1) is 0 Å². The fourth-order valence-electron chi connectivity index (χ4n) is 0.102. The first kappa shape index (κ1) is 16.8. The number of rotatable bonds is 1. The maximum atomic E-state index is 9.53. The van der Waals surface area contributed by atoms with Crippen molar-refractivity contribution in [3.8, 4) is 0 Å². The van der Waals surface area contributed by atoms with Crippen LogP contribution in [0.5, 0.6) is 0 Å². The second-order valence-electron chi connectivity index (χ2n) is 0.848. The fraction of sp³-hybridized carbons (Fsp3) is 0. The Kier molecular flexibility index (Phi) is 10.3. The number of hydrogen-bond donors (Lipinski definition) is 4. The van der Waals surface area contributed by atoms with Crippen LogP contribution in [0.15, 0.2) is 0 Å². The monoisotopic (exact) mass is 183 g/mol. The molecule has 0 aliphatic rings. The quantitative estimate of drug-likeness (QED) is 0.310. The number of phosphoric acid groups is 1. The molecular weight excluding hydrogens is 176 g/mol. The first-order valence-electron chi connectivity index (χ1n) is 1.40. The summed E-state index contributed by atoms with van der Waals surface area (Å²) < 4.78 is 12.6. The van der Waals surface area contributed by atoms with Gasteiger partial charge in [0.15, 0.2) is 0 Å². The zero-order valence-corrected chi connectivity index (χ0v) is 5.12. The zero-order chi connectivity index (χ0) is 6.78. The second kappa shape index (κ2) is 6.11. The van der Waals surface area contributed by atoms with E-state index in [-0.39, 0.29) is 35.7 Å². The Morgan fingerprint density at radius 3 is 1.70 bits per heavy atom.